The molecular weight excluding hydrogens is 785 g/mol. The van der Waals surface area contributed by atoms with Crippen molar-refractivity contribution < 1.29 is 53.8 Å². The van der Waals surface area contributed by atoms with E-state index >= 15 is 0 Å². The van der Waals surface area contributed by atoms with Crippen molar-refractivity contribution in [3.05, 3.63) is 58.0 Å². The summed E-state index contributed by atoms with van der Waals surface area (Å²) < 4.78 is 24.0. The van der Waals surface area contributed by atoms with E-state index < -0.39 is 82.9 Å². The zero-order valence-corrected chi connectivity index (χ0v) is 37.1. The van der Waals surface area contributed by atoms with E-state index in [9.17, 15) is 34.8 Å². The lowest BCUT2D eigenvalue weighted by Gasteiger charge is -2.38. The zero-order chi connectivity index (χ0) is 44.9. The van der Waals surface area contributed by atoms with Crippen LogP contribution in [0.15, 0.2) is 46.1 Å². The third kappa shape index (κ3) is 8.54. The molecular formula is C46H62N4O11. The Bertz CT molecular complexity index is 2300. The van der Waals surface area contributed by atoms with Crippen LogP contribution in [0, 0.1) is 36.5 Å². The highest BCUT2D eigenvalue weighted by atomic mass is 16.7. The first kappa shape index (κ1) is 45.7. The van der Waals surface area contributed by atoms with Crippen LogP contribution >= 0.6 is 0 Å². The highest BCUT2D eigenvalue weighted by molar-refractivity contribution is 6.19. The predicted molar refractivity (Wildman–Crippen MR) is 228 cm³/mol. The van der Waals surface area contributed by atoms with Gasteiger partial charge in [0.2, 0.25) is 0 Å². The van der Waals surface area contributed by atoms with Crippen molar-refractivity contribution in [1.82, 2.24) is 4.90 Å². The normalized spacial score (nSPS) is 32.7. The molecule has 2 aromatic rings. The summed E-state index contributed by atoms with van der Waals surface area (Å²) in [5, 5.41) is 50.2. The number of ether oxygens (including phenoxy) is 4. The van der Waals surface area contributed by atoms with Crippen LogP contribution in [0.2, 0.25) is 0 Å². The fraction of sp³-hybridized carbons (Fsp3) is 0.587. The number of carbonyl (C=O) groups excluding carboxylic acids is 3. The number of likely N-dealkylation sites (tertiary alicyclic amines) is 1. The number of anilines is 1. The summed E-state index contributed by atoms with van der Waals surface area (Å²) in [6.07, 6.45) is 5.04. The number of amides is 1. The SMILES string of the molecule is COC1/C=C/OC2(C)Oc3c(C)c(O)c4c(O)c(c5c(c4c3C2=O)=NC2(CCN(CC(C)C)CC2)N=5)NC(=O)/C(C)=C/C=C/C(C)C(O)C(C)C(O)C(C)C(OC(C)=O)C1C. The van der Waals surface area contributed by atoms with Crippen LogP contribution in [0.3, 0.4) is 0 Å². The van der Waals surface area contributed by atoms with Gasteiger partial charge in [0.25, 0.3) is 11.7 Å². The average Bonchev–Trinajstić information content (AvgIpc) is 3.71. The second kappa shape index (κ2) is 17.5. The van der Waals surface area contributed by atoms with Crippen molar-refractivity contribution in [2.75, 3.05) is 32.1 Å². The van der Waals surface area contributed by atoms with Gasteiger partial charge in [0.1, 0.15) is 28.6 Å². The van der Waals surface area contributed by atoms with Crippen LogP contribution in [-0.2, 0) is 23.8 Å². The summed E-state index contributed by atoms with van der Waals surface area (Å²) in [6.45, 7) is 19.5. The summed E-state index contributed by atoms with van der Waals surface area (Å²) in [5.74, 6) is -6.44. The first-order valence-corrected chi connectivity index (χ1v) is 21.2. The minimum absolute atomic E-state index is 0.0364. The highest BCUT2D eigenvalue weighted by Gasteiger charge is 2.50. The van der Waals surface area contributed by atoms with Crippen LogP contribution in [0.5, 0.6) is 17.2 Å². The van der Waals surface area contributed by atoms with Crippen LogP contribution in [0.1, 0.15) is 91.1 Å². The number of aliphatic hydroxyl groups is 2. The van der Waals surface area contributed by atoms with Gasteiger partial charge in [0, 0.05) is 93.6 Å². The van der Waals surface area contributed by atoms with Crippen LogP contribution in [0.25, 0.3) is 10.8 Å². The molecule has 0 aliphatic carbocycles. The molecule has 4 aliphatic rings. The Labute approximate surface area is 356 Å². The summed E-state index contributed by atoms with van der Waals surface area (Å²) >= 11 is 0. The topological polar surface area (TPSA) is 209 Å². The number of benzene rings is 2. The smallest absolute Gasteiger partial charge is 0.312 e. The number of allylic oxidation sites excluding steroid dienone is 2. The Morgan fingerprint density at radius 1 is 0.967 bits per heavy atom. The van der Waals surface area contributed by atoms with Crippen molar-refractivity contribution >= 4 is 34.1 Å². The zero-order valence-electron chi connectivity index (χ0n) is 37.1. The molecule has 6 rings (SSSR count). The van der Waals surface area contributed by atoms with E-state index in [0.29, 0.717) is 31.8 Å². The van der Waals surface area contributed by atoms with E-state index in [2.05, 4.69) is 24.1 Å². The number of hydrogen-bond donors (Lipinski definition) is 5. The maximum Gasteiger partial charge on any atom is 0.312 e. The molecule has 5 N–H and O–H groups in total. The Morgan fingerprint density at radius 2 is 1.62 bits per heavy atom. The maximum absolute atomic E-state index is 14.7. The number of aliphatic hydroxyl groups excluding tert-OH is 2. The van der Waals surface area contributed by atoms with E-state index in [-0.39, 0.29) is 55.4 Å². The Hall–Kier alpha value is -4.83. The second-order valence-electron chi connectivity index (χ2n) is 18.0. The molecule has 4 heterocycles. The monoisotopic (exact) mass is 846 g/mol. The molecule has 0 radical (unpaired) electrons. The molecule has 332 valence electrons. The van der Waals surface area contributed by atoms with Gasteiger partial charge in [-0.2, -0.15) is 0 Å². The maximum atomic E-state index is 14.7. The van der Waals surface area contributed by atoms with Crippen molar-refractivity contribution in [1.29, 1.82) is 0 Å². The molecule has 1 fully saturated rings. The Kier molecular flexibility index (Phi) is 13.1. The molecule has 4 aliphatic heterocycles. The lowest BCUT2D eigenvalue weighted by atomic mass is 9.78. The number of nitrogens with zero attached hydrogens (tertiary/aromatic N) is 3. The number of esters is 1. The Balaban J connectivity index is 1.54. The average molecular weight is 847 g/mol. The summed E-state index contributed by atoms with van der Waals surface area (Å²) in [7, 11) is 1.47. The van der Waals surface area contributed by atoms with Crippen molar-refractivity contribution in [2.45, 2.75) is 118 Å². The predicted octanol–water partition coefficient (Wildman–Crippen LogP) is 4.75. The number of piperidine rings is 1. The number of aromatic hydroxyl groups is 2. The van der Waals surface area contributed by atoms with E-state index in [1.165, 1.54) is 27.2 Å². The van der Waals surface area contributed by atoms with E-state index in [1.54, 1.807) is 65.8 Å². The van der Waals surface area contributed by atoms with Gasteiger partial charge in [0.05, 0.1) is 40.9 Å². The second-order valence-corrected chi connectivity index (χ2v) is 18.0. The van der Waals surface area contributed by atoms with Crippen LogP contribution in [-0.4, -0.2) is 106 Å². The van der Waals surface area contributed by atoms with E-state index in [4.69, 9.17) is 28.9 Å². The first-order chi connectivity index (χ1) is 28.6. The van der Waals surface area contributed by atoms with Gasteiger partial charge in [-0.25, -0.2) is 0 Å². The number of fused-ring (bicyclic) bond motifs is 1. The van der Waals surface area contributed by atoms with Crippen molar-refractivity contribution in [3.63, 3.8) is 0 Å². The molecule has 0 saturated carbocycles. The lowest BCUT2D eigenvalue weighted by molar-refractivity contribution is -0.160. The third-order valence-corrected chi connectivity index (χ3v) is 12.9. The van der Waals surface area contributed by atoms with Gasteiger partial charge in [-0.15, -0.1) is 0 Å². The molecule has 9 unspecified atom stereocenters. The molecule has 0 aromatic heterocycles. The van der Waals surface area contributed by atoms with Crippen LogP contribution in [0.4, 0.5) is 5.69 Å². The van der Waals surface area contributed by atoms with Gasteiger partial charge in [-0.3, -0.25) is 24.4 Å². The molecule has 4 bridgehead atoms. The van der Waals surface area contributed by atoms with Gasteiger partial charge < -0.3 is 49.6 Å². The minimum Gasteiger partial charge on any atom is -0.507 e. The molecule has 2 aromatic carbocycles. The minimum atomic E-state index is -1.96. The van der Waals surface area contributed by atoms with Crippen LogP contribution < -0.4 is 20.8 Å². The fourth-order valence-corrected chi connectivity index (χ4v) is 9.20. The number of rotatable bonds is 4. The summed E-state index contributed by atoms with van der Waals surface area (Å²) in [5.41, 5.74) is -0.572. The Morgan fingerprint density at radius 3 is 2.25 bits per heavy atom. The molecule has 1 amide bonds. The van der Waals surface area contributed by atoms with E-state index in [1.807, 2.05) is 0 Å². The van der Waals surface area contributed by atoms with Gasteiger partial charge in [-0.1, -0.05) is 59.8 Å². The molecule has 1 saturated heterocycles. The molecule has 1 spiro atoms. The lowest BCUT2D eigenvalue weighted by Crippen LogP contribution is -2.46. The van der Waals surface area contributed by atoms with Crippen molar-refractivity contribution in [2.24, 2.45) is 39.6 Å². The first-order valence-electron chi connectivity index (χ1n) is 21.2. The molecule has 61 heavy (non-hydrogen) atoms. The molecule has 15 heteroatoms. The molecule has 15 nitrogen and oxygen atoms in total. The fourth-order valence-electron chi connectivity index (χ4n) is 9.20. The highest BCUT2D eigenvalue weighted by Crippen LogP contribution is 2.50. The summed E-state index contributed by atoms with van der Waals surface area (Å²) in [6, 6.07) is 0. The van der Waals surface area contributed by atoms with Gasteiger partial charge >= 0.3 is 11.8 Å². The number of phenols is 2. The quantitative estimate of drug-likeness (QED) is 0.209. The van der Waals surface area contributed by atoms with Crippen molar-refractivity contribution in [3.8, 4) is 17.2 Å². The molecule has 9 atom stereocenters. The number of ketones is 1. The number of Topliss-reactive ketones (excluding diaryl/α,β-unsaturated/α-hetero) is 1. The summed E-state index contributed by atoms with van der Waals surface area (Å²) in [4.78, 5) is 53.7. The number of methoxy groups -OCH3 is 1. The number of phenolic OH excluding ortho intramolecular Hbond substituents is 2. The standard InChI is InChI=1S/C46H62N4O11/c1-22(2)21-50-18-16-46(17-19-50)48-34-31-32-39(54)28(8)42-33(31)43(56)45(10,61-42)59-20-15-30(58-11)25(5)41(60-29(9)51)27(7)38(53)26(6)37(52)23(3)13-12-14-24(4)44(57)47-36(40(32)55)35(34)49-46/h12-15,20,22-23,25-27,30,37-38,41,52-55H,16-19,21H2,1-11H3,(H,47,57)/b13-12+,20-15+,24-14+. The number of nitrogens with one attached hydrogen (secondary N) is 1. The largest absolute Gasteiger partial charge is 0.507 e. The number of hydrogen-bond acceptors (Lipinski definition) is 14. The van der Waals surface area contributed by atoms with Gasteiger partial charge in [0.15, 0.2) is 11.4 Å². The van der Waals surface area contributed by atoms with Gasteiger partial charge in [-0.05, 0) is 25.8 Å². The van der Waals surface area contributed by atoms with E-state index in [0.717, 1.165) is 6.54 Å². The third-order valence-electron chi connectivity index (χ3n) is 12.9. The number of carbonyl (C=O) groups is 3.